The minimum atomic E-state index is -1.06. The van der Waals surface area contributed by atoms with Crippen LogP contribution in [-0.2, 0) is 9.59 Å². The number of carbonyl (C=O) groups is 2. The van der Waals surface area contributed by atoms with Crippen LogP contribution in [0.15, 0.2) is 11.1 Å². The first kappa shape index (κ1) is 12.3. The van der Waals surface area contributed by atoms with Crippen molar-refractivity contribution in [3.8, 4) is 12.3 Å². The normalized spacial score (nSPS) is 13.6. The fourth-order valence-corrected chi connectivity index (χ4v) is 1.38. The zero-order valence-electron chi connectivity index (χ0n) is 9.12. The maximum absolute atomic E-state index is 11.9. The van der Waals surface area contributed by atoms with Gasteiger partial charge in [0.25, 0.3) is 5.91 Å². The number of nitrogens with one attached hydrogen (secondary N) is 1. The van der Waals surface area contributed by atoms with Crippen LogP contribution in [-0.4, -0.2) is 48.1 Å². The van der Waals surface area contributed by atoms with Crippen LogP contribution in [0, 0.1) is 12.3 Å². The summed E-state index contributed by atoms with van der Waals surface area (Å²) >= 11 is 0. The van der Waals surface area contributed by atoms with Crippen molar-refractivity contribution in [3.05, 3.63) is 11.1 Å². The number of carboxylic acids is 1. The highest BCUT2D eigenvalue weighted by Gasteiger charge is 2.21. The Balaban J connectivity index is 2.74. The van der Waals surface area contributed by atoms with Gasteiger partial charge in [-0.3, -0.25) is 9.59 Å². The topological polar surface area (TPSA) is 69.6 Å². The van der Waals surface area contributed by atoms with Gasteiger partial charge in [-0.15, -0.1) is 6.42 Å². The Labute approximate surface area is 94.1 Å². The molecule has 16 heavy (non-hydrogen) atoms. The van der Waals surface area contributed by atoms with E-state index in [-0.39, 0.29) is 19.0 Å². The average molecular weight is 222 g/mol. The number of hydrogen-bond acceptors (Lipinski definition) is 3. The number of aliphatic carboxylic acids is 1. The van der Waals surface area contributed by atoms with Crippen molar-refractivity contribution >= 4 is 11.9 Å². The quantitative estimate of drug-likeness (QED) is 0.495. The van der Waals surface area contributed by atoms with Crippen LogP contribution in [0.4, 0.5) is 0 Å². The van der Waals surface area contributed by atoms with Gasteiger partial charge in [0.2, 0.25) is 0 Å². The third-order valence-corrected chi connectivity index (χ3v) is 2.42. The third-order valence-electron chi connectivity index (χ3n) is 2.42. The van der Waals surface area contributed by atoms with E-state index in [1.807, 2.05) is 0 Å². The Morgan fingerprint density at radius 3 is 2.56 bits per heavy atom. The van der Waals surface area contributed by atoms with Gasteiger partial charge in [-0.2, -0.15) is 0 Å². The Kier molecular flexibility index (Phi) is 4.09. The maximum atomic E-state index is 11.9. The lowest BCUT2D eigenvalue weighted by atomic mass is 10.0. The molecule has 0 atom stereocenters. The van der Waals surface area contributed by atoms with E-state index in [1.165, 1.54) is 0 Å². The molecule has 0 saturated carbocycles. The molecule has 1 aliphatic heterocycles. The maximum Gasteiger partial charge on any atom is 0.323 e. The van der Waals surface area contributed by atoms with Crippen molar-refractivity contribution < 1.29 is 14.7 Å². The first-order valence-electron chi connectivity index (χ1n) is 4.90. The summed E-state index contributed by atoms with van der Waals surface area (Å²) in [5.41, 5.74) is 1.60. The minimum absolute atomic E-state index is 0.0170. The standard InChI is InChI=1S/C11H14N2O3/c1-3-4-13(7-10(14)15)11(16)8(2)9-5-12-6-9/h1,12H,4-7H2,2H3,(H,14,15). The van der Waals surface area contributed by atoms with Crippen molar-refractivity contribution in [1.82, 2.24) is 10.2 Å². The van der Waals surface area contributed by atoms with Gasteiger partial charge in [-0.05, 0) is 12.5 Å². The van der Waals surface area contributed by atoms with E-state index in [0.29, 0.717) is 18.7 Å². The summed E-state index contributed by atoms with van der Waals surface area (Å²) in [6.45, 7) is 2.73. The molecule has 1 heterocycles. The zero-order valence-corrected chi connectivity index (χ0v) is 9.12. The van der Waals surface area contributed by atoms with E-state index in [9.17, 15) is 9.59 Å². The largest absolute Gasteiger partial charge is 0.480 e. The molecule has 0 aliphatic carbocycles. The molecule has 0 radical (unpaired) electrons. The smallest absolute Gasteiger partial charge is 0.323 e. The fraction of sp³-hybridized carbons (Fsp3) is 0.455. The van der Waals surface area contributed by atoms with Crippen molar-refractivity contribution in [2.45, 2.75) is 6.92 Å². The van der Waals surface area contributed by atoms with E-state index >= 15 is 0 Å². The molecule has 1 fully saturated rings. The molecule has 0 bridgehead atoms. The predicted octanol–water partition coefficient (Wildman–Crippen LogP) is -0.547. The number of amides is 1. The second-order valence-electron chi connectivity index (χ2n) is 3.59. The Morgan fingerprint density at radius 1 is 1.56 bits per heavy atom. The lowest BCUT2D eigenvalue weighted by Gasteiger charge is -2.25. The van der Waals surface area contributed by atoms with Gasteiger partial charge in [0, 0.05) is 18.7 Å². The van der Waals surface area contributed by atoms with Crippen LogP contribution < -0.4 is 5.32 Å². The van der Waals surface area contributed by atoms with E-state index in [1.54, 1.807) is 6.92 Å². The second kappa shape index (κ2) is 5.33. The summed E-state index contributed by atoms with van der Waals surface area (Å²) in [5, 5.41) is 11.7. The van der Waals surface area contributed by atoms with E-state index < -0.39 is 5.97 Å². The molecule has 0 unspecified atom stereocenters. The number of terminal acetylenes is 1. The number of rotatable bonds is 4. The SMILES string of the molecule is C#CCN(CC(=O)O)C(=O)C(C)=C1CNC1. The van der Waals surface area contributed by atoms with Crippen LogP contribution in [0.1, 0.15) is 6.92 Å². The van der Waals surface area contributed by atoms with Gasteiger partial charge in [-0.25, -0.2) is 0 Å². The van der Waals surface area contributed by atoms with Gasteiger partial charge >= 0.3 is 5.97 Å². The number of carbonyl (C=O) groups excluding carboxylic acids is 1. The summed E-state index contributed by atoms with van der Waals surface area (Å²) in [6, 6.07) is 0. The summed E-state index contributed by atoms with van der Waals surface area (Å²) in [4.78, 5) is 23.6. The first-order chi connectivity index (χ1) is 7.56. The van der Waals surface area contributed by atoms with Crippen molar-refractivity contribution in [2.75, 3.05) is 26.2 Å². The van der Waals surface area contributed by atoms with Gasteiger partial charge < -0.3 is 15.3 Å². The van der Waals surface area contributed by atoms with Gasteiger partial charge in [0.15, 0.2) is 0 Å². The zero-order chi connectivity index (χ0) is 12.1. The summed E-state index contributed by atoms with van der Waals surface area (Å²) in [5.74, 6) is 0.931. The van der Waals surface area contributed by atoms with Crippen LogP contribution in [0.3, 0.4) is 0 Å². The molecule has 0 spiro atoms. The van der Waals surface area contributed by atoms with Crippen LogP contribution >= 0.6 is 0 Å². The number of nitrogens with zero attached hydrogens (tertiary/aromatic N) is 1. The Morgan fingerprint density at radius 2 is 2.19 bits per heavy atom. The fourth-order valence-electron chi connectivity index (χ4n) is 1.38. The second-order valence-corrected chi connectivity index (χ2v) is 3.59. The molecule has 0 aromatic rings. The molecular formula is C11H14N2O3. The van der Waals surface area contributed by atoms with Crippen LogP contribution in [0.25, 0.3) is 0 Å². The monoisotopic (exact) mass is 222 g/mol. The molecule has 1 amide bonds. The highest BCUT2D eigenvalue weighted by Crippen LogP contribution is 2.11. The molecule has 0 aromatic carbocycles. The van der Waals surface area contributed by atoms with E-state index in [4.69, 9.17) is 11.5 Å². The highest BCUT2D eigenvalue weighted by molar-refractivity contribution is 5.95. The molecule has 2 N–H and O–H groups in total. The average Bonchev–Trinajstić information content (AvgIpc) is 2.12. The molecule has 5 heteroatoms. The van der Waals surface area contributed by atoms with Crippen molar-refractivity contribution in [2.24, 2.45) is 0 Å². The van der Waals surface area contributed by atoms with Gasteiger partial charge in [-0.1, -0.05) is 5.92 Å². The van der Waals surface area contributed by atoms with E-state index in [0.717, 1.165) is 10.5 Å². The Hall–Kier alpha value is -1.80. The first-order valence-corrected chi connectivity index (χ1v) is 4.90. The van der Waals surface area contributed by atoms with Crippen LogP contribution in [0.5, 0.6) is 0 Å². The molecular weight excluding hydrogens is 208 g/mol. The molecule has 0 aromatic heterocycles. The summed E-state index contributed by atoms with van der Waals surface area (Å²) in [7, 11) is 0. The predicted molar refractivity (Wildman–Crippen MR) is 58.6 cm³/mol. The third kappa shape index (κ3) is 2.84. The number of hydrogen-bond donors (Lipinski definition) is 2. The highest BCUT2D eigenvalue weighted by atomic mass is 16.4. The van der Waals surface area contributed by atoms with Crippen LogP contribution in [0.2, 0.25) is 0 Å². The minimum Gasteiger partial charge on any atom is -0.480 e. The lowest BCUT2D eigenvalue weighted by Crippen LogP contribution is -2.41. The van der Waals surface area contributed by atoms with Gasteiger partial charge in [0.1, 0.15) is 6.54 Å². The summed E-state index contributed by atoms with van der Waals surface area (Å²) in [6.07, 6.45) is 5.10. The van der Waals surface area contributed by atoms with Gasteiger partial charge in [0.05, 0.1) is 6.54 Å². The molecule has 1 saturated heterocycles. The Bertz CT molecular complexity index is 373. The lowest BCUT2D eigenvalue weighted by molar-refractivity contribution is -0.142. The molecule has 1 aliphatic rings. The summed E-state index contributed by atoms with van der Waals surface area (Å²) < 4.78 is 0. The number of carboxylic acid groups (broad SMARTS) is 1. The van der Waals surface area contributed by atoms with Crippen molar-refractivity contribution in [3.63, 3.8) is 0 Å². The molecule has 5 nitrogen and oxygen atoms in total. The van der Waals surface area contributed by atoms with Crippen molar-refractivity contribution in [1.29, 1.82) is 0 Å². The molecule has 1 rings (SSSR count). The molecule has 86 valence electrons. The van der Waals surface area contributed by atoms with E-state index in [2.05, 4.69) is 11.2 Å².